The predicted octanol–water partition coefficient (Wildman–Crippen LogP) is 2.88. The van der Waals surface area contributed by atoms with Gasteiger partial charge >= 0.3 is 5.97 Å². The van der Waals surface area contributed by atoms with Crippen molar-refractivity contribution in [3.63, 3.8) is 0 Å². The van der Waals surface area contributed by atoms with E-state index in [4.69, 9.17) is 10.4 Å². The summed E-state index contributed by atoms with van der Waals surface area (Å²) in [5, 5.41) is 18.6. The van der Waals surface area contributed by atoms with E-state index in [1.807, 2.05) is 6.07 Å². The van der Waals surface area contributed by atoms with Crippen molar-refractivity contribution in [1.82, 2.24) is 4.98 Å². The minimum absolute atomic E-state index is 0.184. The molecule has 4 nitrogen and oxygen atoms in total. The van der Waals surface area contributed by atoms with Crippen molar-refractivity contribution in [2.75, 3.05) is 0 Å². The summed E-state index contributed by atoms with van der Waals surface area (Å²) in [6, 6.07) is 6.83. The molecule has 1 N–H and O–H groups in total. The Balaban J connectivity index is 2.84. The minimum atomic E-state index is -0.999. The van der Waals surface area contributed by atoms with Crippen molar-refractivity contribution in [1.29, 1.82) is 5.26 Å². The number of carbonyl (C=O) groups is 1. The fourth-order valence-electron chi connectivity index (χ4n) is 1.59. The Morgan fingerprint density at radius 2 is 2.24 bits per heavy atom. The van der Waals surface area contributed by atoms with Crippen molar-refractivity contribution >= 4 is 32.8 Å². The fourth-order valence-corrected chi connectivity index (χ4v) is 2.21. The van der Waals surface area contributed by atoms with Gasteiger partial charge in [-0.1, -0.05) is 0 Å². The quantitative estimate of drug-likeness (QED) is 0.876. The van der Waals surface area contributed by atoms with Crippen molar-refractivity contribution in [2.45, 2.75) is 6.92 Å². The number of pyridine rings is 1. The van der Waals surface area contributed by atoms with E-state index in [-0.39, 0.29) is 5.56 Å². The molecule has 0 bridgehead atoms. The molecule has 0 saturated heterocycles. The number of hydrogen-bond acceptors (Lipinski definition) is 3. The second-order valence-corrected chi connectivity index (χ2v) is 4.36. The van der Waals surface area contributed by atoms with E-state index in [1.54, 1.807) is 19.1 Å². The number of rotatable bonds is 1. The van der Waals surface area contributed by atoms with Gasteiger partial charge in [0.05, 0.1) is 11.1 Å². The second-order valence-electron chi connectivity index (χ2n) is 3.56. The van der Waals surface area contributed by atoms with Crippen LogP contribution in [0.3, 0.4) is 0 Å². The summed E-state index contributed by atoms with van der Waals surface area (Å²) in [5.74, 6) is -0.999. The molecule has 0 atom stereocenters. The molecule has 0 spiro atoms. The van der Waals surface area contributed by atoms with E-state index in [0.717, 1.165) is 5.56 Å². The Morgan fingerprint density at radius 1 is 1.53 bits per heavy atom. The zero-order valence-electron chi connectivity index (χ0n) is 8.86. The van der Waals surface area contributed by atoms with Gasteiger partial charge in [0.25, 0.3) is 0 Å². The first-order valence-corrected chi connectivity index (χ1v) is 5.57. The summed E-state index contributed by atoms with van der Waals surface area (Å²) in [7, 11) is 0. The number of aryl methyl sites for hydroxylation is 1. The third-order valence-corrected chi connectivity index (χ3v) is 3.31. The topological polar surface area (TPSA) is 74.0 Å². The zero-order chi connectivity index (χ0) is 12.6. The van der Waals surface area contributed by atoms with Gasteiger partial charge in [-0.2, -0.15) is 5.26 Å². The summed E-state index contributed by atoms with van der Waals surface area (Å²) in [4.78, 5) is 15.1. The summed E-state index contributed by atoms with van der Waals surface area (Å²) in [5.41, 5.74) is 1.86. The van der Waals surface area contributed by atoms with E-state index in [2.05, 4.69) is 20.9 Å². The van der Waals surface area contributed by atoms with Crippen LogP contribution in [-0.4, -0.2) is 16.1 Å². The van der Waals surface area contributed by atoms with Crippen LogP contribution in [0, 0.1) is 18.3 Å². The first kappa shape index (κ1) is 11.6. The molecule has 0 unspecified atom stereocenters. The number of nitrogens with zero attached hydrogens (tertiary/aromatic N) is 2. The molecule has 0 aliphatic heterocycles. The predicted molar refractivity (Wildman–Crippen MR) is 65.9 cm³/mol. The molecule has 1 aromatic carbocycles. The second kappa shape index (κ2) is 4.15. The molecule has 0 aliphatic carbocycles. The van der Waals surface area contributed by atoms with Gasteiger partial charge in [0.2, 0.25) is 0 Å². The summed E-state index contributed by atoms with van der Waals surface area (Å²) >= 11 is 3.26. The number of halogens is 1. The molecule has 17 heavy (non-hydrogen) atoms. The number of fused-ring (bicyclic) bond motifs is 1. The third kappa shape index (κ3) is 1.87. The zero-order valence-corrected chi connectivity index (χ0v) is 10.4. The largest absolute Gasteiger partial charge is 0.478 e. The number of carboxylic acid groups (broad SMARTS) is 1. The summed E-state index contributed by atoms with van der Waals surface area (Å²) < 4.78 is 0.489. The molecule has 1 heterocycles. The van der Waals surface area contributed by atoms with Crippen LogP contribution in [0.4, 0.5) is 0 Å². The van der Waals surface area contributed by atoms with E-state index >= 15 is 0 Å². The fraction of sp³-hybridized carbons (Fsp3) is 0.0833. The molecular formula is C12H7BrN2O2. The standard InChI is InChI=1S/C12H7BrN2O2/c1-6-4-8-9(15-10(6)5-14)3-2-7(11(8)13)12(16)17/h2-4H,1H3,(H,16,17). The van der Waals surface area contributed by atoms with Gasteiger partial charge in [-0.3, -0.25) is 0 Å². The van der Waals surface area contributed by atoms with E-state index in [0.29, 0.717) is 21.1 Å². The molecule has 0 saturated carbocycles. The van der Waals surface area contributed by atoms with E-state index in [9.17, 15) is 4.79 Å². The smallest absolute Gasteiger partial charge is 0.336 e. The van der Waals surface area contributed by atoms with Crippen LogP contribution in [-0.2, 0) is 0 Å². The minimum Gasteiger partial charge on any atom is -0.478 e. The molecule has 1 aromatic heterocycles. The number of aromatic carboxylic acids is 1. The SMILES string of the molecule is Cc1cc2c(Br)c(C(=O)O)ccc2nc1C#N. The van der Waals surface area contributed by atoms with Gasteiger partial charge in [0.15, 0.2) is 0 Å². The lowest BCUT2D eigenvalue weighted by molar-refractivity contribution is 0.0696. The van der Waals surface area contributed by atoms with Gasteiger partial charge in [0.1, 0.15) is 11.8 Å². The molecule has 5 heteroatoms. The van der Waals surface area contributed by atoms with Crippen LogP contribution >= 0.6 is 15.9 Å². The van der Waals surface area contributed by atoms with Gasteiger partial charge in [-0.05, 0) is 46.6 Å². The molecule has 0 amide bonds. The average molecular weight is 291 g/mol. The Bertz CT molecular complexity index is 674. The highest BCUT2D eigenvalue weighted by Crippen LogP contribution is 2.28. The molecule has 84 valence electrons. The Hall–Kier alpha value is -1.93. The highest BCUT2D eigenvalue weighted by Gasteiger charge is 2.13. The van der Waals surface area contributed by atoms with Gasteiger partial charge in [-0.25, -0.2) is 9.78 Å². The Morgan fingerprint density at radius 3 is 2.82 bits per heavy atom. The number of carboxylic acids is 1. The highest BCUT2D eigenvalue weighted by molar-refractivity contribution is 9.10. The van der Waals surface area contributed by atoms with Crippen LogP contribution in [0.2, 0.25) is 0 Å². The average Bonchev–Trinajstić information content (AvgIpc) is 2.29. The lowest BCUT2D eigenvalue weighted by atomic mass is 10.1. The normalized spacial score (nSPS) is 10.2. The maximum atomic E-state index is 11.0. The maximum Gasteiger partial charge on any atom is 0.336 e. The summed E-state index contributed by atoms with van der Waals surface area (Å²) in [6.45, 7) is 1.77. The first-order valence-electron chi connectivity index (χ1n) is 4.78. The maximum absolute atomic E-state index is 11.0. The van der Waals surface area contributed by atoms with Crippen LogP contribution in [0.5, 0.6) is 0 Å². The lowest BCUT2D eigenvalue weighted by Gasteiger charge is -2.06. The van der Waals surface area contributed by atoms with E-state index < -0.39 is 5.97 Å². The lowest BCUT2D eigenvalue weighted by Crippen LogP contribution is -1.99. The molecule has 0 aliphatic rings. The Kier molecular flexibility index (Phi) is 2.82. The van der Waals surface area contributed by atoms with Crippen molar-refractivity contribution in [2.24, 2.45) is 0 Å². The van der Waals surface area contributed by atoms with E-state index in [1.165, 1.54) is 6.07 Å². The third-order valence-electron chi connectivity index (χ3n) is 2.46. The monoisotopic (exact) mass is 290 g/mol. The number of aromatic nitrogens is 1. The Labute approximate surface area is 106 Å². The first-order chi connectivity index (χ1) is 8.04. The molecular weight excluding hydrogens is 284 g/mol. The van der Waals surface area contributed by atoms with Gasteiger partial charge < -0.3 is 5.11 Å². The molecule has 2 rings (SSSR count). The number of nitriles is 1. The number of benzene rings is 1. The molecule has 2 aromatic rings. The molecule has 0 radical (unpaired) electrons. The van der Waals surface area contributed by atoms with Crippen molar-refractivity contribution in [3.8, 4) is 6.07 Å². The van der Waals surface area contributed by atoms with Gasteiger partial charge in [-0.15, -0.1) is 0 Å². The van der Waals surface area contributed by atoms with Crippen molar-refractivity contribution in [3.05, 3.63) is 39.5 Å². The molecule has 0 fully saturated rings. The highest BCUT2D eigenvalue weighted by atomic mass is 79.9. The number of hydrogen-bond donors (Lipinski definition) is 1. The van der Waals surface area contributed by atoms with Crippen molar-refractivity contribution < 1.29 is 9.90 Å². The summed E-state index contributed by atoms with van der Waals surface area (Å²) in [6.07, 6.45) is 0. The van der Waals surface area contributed by atoms with Crippen LogP contribution < -0.4 is 0 Å². The van der Waals surface area contributed by atoms with Crippen LogP contribution in [0.1, 0.15) is 21.6 Å². The van der Waals surface area contributed by atoms with Crippen LogP contribution in [0.25, 0.3) is 10.9 Å². The van der Waals surface area contributed by atoms with Gasteiger partial charge in [0, 0.05) is 9.86 Å². The van der Waals surface area contributed by atoms with Crippen LogP contribution in [0.15, 0.2) is 22.7 Å².